The standard InChI is InChI=1S/C10H11NO3/c12-6-7-14-11-5-4-8-9(11)2-1-3-10(8)13/h1-5,12-13H,6-7H2. The maximum Gasteiger partial charge on any atom is 0.138 e. The van der Waals surface area contributed by atoms with Crippen molar-refractivity contribution in [3.63, 3.8) is 0 Å². The van der Waals surface area contributed by atoms with Gasteiger partial charge in [0.15, 0.2) is 0 Å². The van der Waals surface area contributed by atoms with Gasteiger partial charge in [0.05, 0.1) is 12.1 Å². The number of fused-ring (bicyclic) bond motifs is 1. The molecule has 0 saturated carbocycles. The molecule has 0 spiro atoms. The summed E-state index contributed by atoms with van der Waals surface area (Å²) in [5.41, 5.74) is 0.790. The first-order valence-electron chi connectivity index (χ1n) is 4.36. The van der Waals surface area contributed by atoms with E-state index >= 15 is 0 Å². The molecule has 0 saturated heterocycles. The summed E-state index contributed by atoms with van der Waals surface area (Å²) in [6.07, 6.45) is 1.71. The van der Waals surface area contributed by atoms with E-state index in [9.17, 15) is 5.11 Å². The van der Waals surface area contributed by atoms with E-state index in [1.54, 1.807) is 24.4 Å². The molecule has 4 nitrogen and oxygen atoms in total. The molecule has 0 aliphatic carbocycles. The molecule has 1 heterocycles. The zero-order chi connectivity index (χ0) is 9.97. The number of aliphatic hydroxyl groups is 1. The minimum atomic E-state index is -0.0293. The Morgan fingerprint density at radius 3 is 2.93 bits per heavy atom. The van der Waals surface area contributed by atoms with Crippen LogP contribution in [-0.2, 0) is 0 Å². The third-order valence-electron chi connectivity index (χ3n) is 2.00. The number of aromatic nitrogens is 1. The molecule has 0 atom stereocenters. The summed E-state index contributed by atoms with van der Waals surface area (Å²) in [5, 5.41) is 18.8. The van der Waals surface area contributed by atoms with E-state index in [1.807, 2.05) is 6.07 Å². The van der Waals surface area contributed by atoms with Crippen molar-refractivity contribution in [1.29, 1.82) is 0 Å². The molecule has 2 N–H and O–H groups in total. The number of nitrogens with zero attached hydrogens (tertiary/aromatic N) is 1. The molecule has 2 aromatic rings. The lowest BCUT2D eigenvalue weighted by Gasteiger charge is -2.06. The summed E-state index contributed by atoms with van der Waals surface area (Å²) < 4.78 is 1.53. The second-order valence-corrected chi connectivity index (χ2v) is 2.91. The molecule has 74 valence electrons. The van der Waals surface area contributed by atoms with Gasteiger partial charge >= 0.3 is 0 Å². The van der Waals surface area contributed by atoms with Crippen LogP contribution in [0.2, 0.25) is 0 Å². The van der Waals surface area contributed by atoms with Crippen molar-refractivity contribution in [1.82, 2.24) is 4.73 Å². The fraction of sp³-hybridized carbons (Fsp3) is 0.200. The number of aliphatic hydroxyl groups excluding tert-OH is 1. The van der Waals surface area contributed by atoms with Gasteiger partial charge in [-0.1, -0.05) is 6.07 Å². The molecule has 0 amide bonds. The molecule has 0 bridgehead atoms. The lowest BCUT2D eigenvalue weighted by Crippen LogP contribution is -2.13. The van der Waals surface area contributed by atoms with Crippen LogP contribution >= 0.6 is 0 Å². The average Bonchev–Trinajstić information content (AvgIpc) is 2.60. The Labute approximate surface area is 80.9 Å². The van der Waals surface area contributed by atoms with Crippen LogP contribution in [0, 0.1) is 0 Å². The van der Waals surface area contributed by atoms with Gasteiger partial charge in [-0.15, -0.1) is 0 Å². The van der Waals surface area contributed by atoms with E-state index in [0.29, 0.717) is 0 Å². The molecule has 1 aromatic heterocycles. The molecular formula is C10H11NO3. The zero-order valence-electron chi connectivity index (χ0n) is 7.55. The van der Waals surface area contributed by atoms with Crippen molar-refractivity contribution in [3.05, 3.63) is 30.5 Å². The van der Waals surface area contributed by atoms with Gasteiger partial charge < -0.3 is 15.1 Å². The quantitative estimate of drug-likeness (QED) is 0.757. The largest absolute Gasteiger partial charge is 0.507 e. The molecule has 0 radical (unpaired) electrons. The molecule has 0 aliphatic rings. The zero-order valence-corrected chi connectivity index (χ0v) is 7.55. The summed E-state index contributed by atoms with van der Waals surface area (Å²) in [4.78, 5) is 5.22. The molecule has 4 heteroatoms. The molecule has 2 rings (SSSR count). The Morgan fingerprint density at radius 1 is 1.29 bits per heavy atom. The van der Waals surface area contributed by atoms with Gasteiger partial charge in [-0.05, 0) is 18.2 Å². The Hall–Kier alpha value is -1.68. The molecular weight excluding hydrogens is 182 g/mol. The first-order chi connectivity index (χ1) is 6.83. The van der Waals surface area contributed by atoms with Gasteiger partial charge in [0.1, 0.15) is 12.4 Å². The topological polar surface area (TPSA) is 54.6 Å². The molecule has 0 unspecified atom stereocenters. The SMILES string of the molecule is OCCOn1ccc2c(O)cccc21. The van der Waals surface area contributed by atoms with E-state index in [2.05, 4.69) is 0 Å². The Morgan fingerprint density at radius 2 is 2.14 bits per heavy atom. The van der Waals surface area contributed by atoms with Crippen molar-refractivity contribution in [2.45, 2.75) is 0 Å². The maximum absolute atomic E-state index is 9.49. The van der Waals surface area contributed by atoms with Gasteiger partial charge in [-0.3, -0.25) is 0 Å². The van der Waals surface area contributed by atoms with Gasteiger partial charge in [-0.25, -0.2) is 0 Å². The van der Waals surface area contributed by atoms with Crippen molar-refractivity contribution in [2.75, 3.05) is 13.2 Å². The number of hydrogen-bond acceptors (Lipinski definition) is 3. The number of rotatable bonds is 3. The fourth-order valence-electron chi connectivity index (χ4n) is 1.38. The summed E-state index contributed by atoms with van der Waals surface area (Å²) in [6.45, 7) is 0.206. The normalized spacial score (nSPS) is 10.6. The van der Waals surface area contributed by atoms with Crippen molar-refractivity contribution >= 4 is 10.9 Å². The second kappa shape index (κ2) is 3.59. The highest BCUT2D eigenvalue weighted by molar-refractivity contribution is 5.85. The predicted molar refractivity (Wildman–Crippen MR) is 52.1 cm³/mol. The Bertz CT molecular complexity index is 436. The summed E-state index contributed by atoms with van der Waals surface area (Å²) in [5.74, 6) is 0.230. The van der Waals surface area contributed by atoms with E-state index in [-0.39, 0.29) is 19.0 Å². The molecule has 0 aliphatic heterocycles. The van der Waals surface area contributed by atoms with Crippen LogP contribution in [0.3, 0.4) is 0 Å². The monoisotopic (exact) mass is 193 g/mol. The number of hydrogen-bond donors (Lipinski definition) is 2. The van der Waals surface area contributed by atoms with E-state index < -0.39 is 0 Å². The molecule has 14 heavy (non-hydrogen) atoms. The number of aromatic hydroxyl groups is 1. The van der Waals surface area contributed by atoms with E-state index in [1.165, 1.54) is 4.73 Å². The Kier molecular flexibility index (Phi) is 2.28. The highest BCUT2D eigenvalue weighted by Gasteiger charge is 2.04. The van der Waals surface area contributed by atoms with Crippen molar-refractivity contribution < 1.29 is 15.1 Å². The number of benzene rings is 1. The van der Waals surface area contributed by atoms with Crippen LogP contribution in [-0.4, -0.2) is 28.2 Å². The highest BCUT2D eigenvalue weighted by Crippen LogP contribution is 2.24. The van der Waals surface area contributed by atoms with Crippen molar-refractivity contribution in [3.8, 4) is 5.75 Å². The van der Waals surface area contributed by atoms with E-state index in [4.69, 9.17) is 9.94 Å². The van der Waals surface area contributed by atoms with Crippen LogP contribution in [0.25, 0.3) is 10.9 Å². The molecule has 1 aromatic carbocycles. The summed E-state index contributed by atoms with van der Waals surface area (Å²) in [7, 11) is 0. The van der Waals surface area contributed by atoms with Gasteiger partial charge in [0.25, 0.3) is 0 Å². The fourth-order valence-corrected chi connectivity index (χ4v) is 1.38. The van der Waals surface area contributed by atoms with Crippen LogP contribution in [0.15, 0.2) is 30.5 Å². The Balaban J connectivity index is 2.42. The third-order valence-corrected chi connectivity index (χ3v) is 2.00. The number of phenolic OH excluding ortho intramolecular Hbond substituents is 1. The first-order valence-corrected chi connectivity index (χ1v) is 4.36. The van der Waals surface area contributed by atoms with Gasteiger partial charge in [-0.2, -0.15) is 4.73 Å². The highest BCUT2D eigenvalue weighted by atomic mass is 16.7. The smallest absolute Gasteiger partial charge is 0.138 e. The minimum absolute atomic E-state index is 0.0293. The first kappa shape index (κ1) is 8.90. The number of phenols is 1. The van der Waals surface area contributed by atoms with E-state index in [0.717, 1.165) is 10.9 Å². The van der Waals surface area contributed by atoms with Crippen LogP contribution in [0.5, 0.6) is 5.75 Å². The predicted octanol–water partition coefficient (Wildman–Crippen LogP) is 0.768. The maximum atomic E-state index is 9.49. The van der Waals surface area contributed by atoms with Gasteiger partial charge in [0.2, 0.25) is 0 Å². The van der Waals surface area contributed by atoms with Crippen LogP contribution in [0.1, 0.15) is 0 Å². The second-order valence-electron chi connectivity index (χ2n) is 2.91. The van der Waals surface area contributed by atoms with Gasteiger partial charge in [0, 0.05) is 11.6 Å². The summed E-state index contributed by atoms with van der Waals surface area (Å²) >= 11 is 0. The minimum Gasteiger partial charge on any atom is -0.507 e. The molecule has 0 fully saturated rings. The lowest BCUT2D eigenvalue weighted by atomic mass is 10.2. The van der Waals surface area contributed by atoms with Crippen LogP contribution in [0.4, 0.5) is 0 Å². The average molecular weight is 193 g/mol. The third kappa shape index (κ3) is 1.40. The van der Waals surface area contributed by atoms with Crippen molar-refractivity contribution in [2.24, 2.45) is 0 Å². The lowest BCUT2D eigenvalue weighted by molar-refractivity contribution is 0.0832. The van der Waals surface area contributed by atoms with Crippen LogP contribution < -0.4 is 4.84 Å². The summed E-state index contributed by atoms with van der Waals surface area (Å²) in [6, 6.07) is 6.98.